The molecule has 0 bridgehead atoms. The van der Waals surface area contributed by atoms with Gasteiger partial charge in [0.15, 0.2) is 18.1 Å². The molecule has 0 amide bonds. The van der Waals surface area contributed by atoms with Crippen LogP contribution in [0.5, 0.6) is 11.5 Å². The van der Waals surface area contributed by atoms with E-state index in [2.05, 4.69) is 9.97 Å². The first-order chi connectivity index (χ1) is 13.1. The first-order valence-corrected chi connectivity index (χ1v) is 9.04. The molecule has 0 saturated carbocycles. The third kappa shape index (κ3) is 4.53. The van der Waals surface area contributed by atoms with E-state index in [0.29, 0.717) is 21.7 Å². The molecular weight excluding hydrogens is 368 g/mol. The average molecular weight is 386 g/mol. The lowest BCUT2D eigenvalue weighted by Crippen LogP contribution is -2.17. The second-order valence-electron chi connectivity index (χ2n) is 5.51. The van der Waals surface area contributed by atoms with Crippen molar-refractivity contribution in [2.45, 2.75) is 13.5 Å². The van der Waals surface area contributed by atoms with Crippen molar-refractivity contribution in [2.75, 3.05) is 13.7 Å². The molecule has 0 aliphatic carbocycles. The highest BCUT2D eigenvalue weighted by molar-refractivity contribution is 7.17. The molecule has 140 valence electrons. The standard InChI is InChI=1S/C19H18N2O5S/c1-3-4-12-5-6-14(15(9-12)24-2)25-11-17(22)26-10-16-20-13-7-8-27-18(13)19(23)21-16/h3-9H,10-11H2,1-2H3,(H,20,21,23)/b4-3+. The second-order valence-corrected chi connectivity index (χ2v) is 6.42. The van der Waals surface area contributed by atoms with Gasteiger partial charge in [-0.15, -0.1) is 11.3 Å². The number of thiophene rings is 1. The molecule has 0 aliphatic rings. The van der Waals surface area contributed by atoms with Gasteiger partial charge < -0.3 is 19.2 Å². The summed E-state index contributed by atoms with van der Waals surface area (Å²) in [6.07, 6.45) is 3.84. The predicted molar refractivity (Wildman–Crippen MR) is 103 cm³/mol. The molecule has 0 atom stereocenters. The molecule has 8 heteroatoms. The zero-order valence-corrected chi connectivity index (χ0v) is 15.7. The smallest absolute Gasteiger partial charge is 0.344 e. The molecule has 2 aromatic heterocycles. The van der Waals surface area contributed by atoms with E-state index in [1.807, 2.05) is 31.2 Å². The van der Waals surface area contributed by atoms with Crippen molar-refractivity contribution in [2.24, 2.45) is 0 Å². The largest absolute Gasteiger partial charge is 0.493 e. The highest BCUT2D eigenvalue weighted by Gasteiger charge is 2.11. The molecular formula is C19H18N2O5S. The lowest BCUT2D eigenvalue weighted by Gasteiger charge is -2.11. The minimum Gasteiger partial charge on any atom is -0.493 e. The van der Waals surface area contributed by atoms with Crippen LogP contribution in [0.25, 0.3) is 16.3 Å². The molecule has 0 aliphatic heterocycles. The molecule has 0 spiro atoms. The van der Waals surface area contributed by atoms with Crippen LogP contribution in [0.15, 0.2) is 40.5 Å². The Morgan fingerprint density at radius 1 is 1.30 bits per heavy atom. The summed E-state index contributed by atoms with van der Waals surface area (Å²) < 4.78 is 16.4. The normalized spacial score (nSPS) is 11.0. The molecule has 2 heterocycles. The Labute approximate surface area is 159 Å². The first kappa shape index (κ1) is 18.7. The number of rotatable bonds is 7. The summed E-state index contributed by atoms with van der Waals surface area (Å²) in [5.74, 6) is 0.663. The van der Waals surface area contributed by atoms with Gasteiger partial charge in [0.25, 0.3) is 5.56 Å². The van der Waals surface area contributed by atoms with Gasteiger partial charge in [-0.3, -0.25) is 4.79 Å². The molecule has 27 heavy (non-hydrogen) atoms. The highest BCUT2D eigenvalue weighted by Crippen LogP contribution is 2.28. The molecule has 1 N–H and O–H groups in total. The summed E-state index contributed by atoms with van der Waals surface area (Å²) in [5.41, 5.74) is 1.29. The van der Waals surface area contributed by atoms with Crippen LogP contribution >= 0.6 is 11.3 Å². The number of carbonyl (C=O) groups is 1. The van der Waals surface area contributed by atoms with Gasteiger partial charge in [0.05, 0.1) is 12.6 Å². The summed E-state index contributed by atoms with van der Waals surface area (Å²) in [7, 11) is 1.53. The van der Waals surface area contributed by atoms with Crippen LogP contribution < -0.4 is 15.0 Å². The van der Waals surface area contributed by atoms with Crippen molar-refractivity contribution in [1.29, 1.82) is 0 Å². The number of H-pyrrole nitrogens is 1. The molecule has 7 nitrogen and oxygen atoms in total. The first-order valence-electron chi connectivity index (χ1n) is 8.16. The van der Waals surface area contributed by atoms with Gasteiger partial charge in [-0.25, -0.2) is 9.78 Å². The Morgan fingerprint density at radius 2 is 2.15 bits per heavy atom. The second kappa shape index (κ2) is 8.50. The van der Waals surface area contributed by atoms with Gasteiger partial charge in [0.1, 0.15) is 17.1 Å². The maximum absolute atomic E-state index is 11.9. The van der Waals surface area contributed by atoms with E-state index in [4.69, 9.17) is 14.2 Å². The molecule has 3 aromatic rings. The monoisotopic (exact) mass is 386 g/mol. The van der Waals surface area contributed by atoms with Gasteiger partial charge in [-0.05, 0) is 36.1 Å². The lowest BCUT2D eigenvalue weighted by molar-refractivity contribution is -0.147. The number of esters is 1. The third-order valence-electron chi connectivity index (χ3n) is 3.63. The van der Waals surface area contributed by atoms with Crippen LogP contribution in [-0.4, -0.2) is 29.7 Å². The Bertz CT molecular complexity index is 1040. The minimum atomic E-state index is -0.581. The van der Waals surface area contributed by atoms with Crippen LogP contribution in [-0.2, 0) is 16.1 Å². The SMILES string of the molecule is C/C=C/c1ccc(OCC(=O)OCc2nc3ccsc3c(=O)[nH]2)c(OC)c1. The number of allylic oxidation sites excluding steroid dienone is 1. The molecule has 0 radical (unpaired) electrons. The van der Waals surface area contributed by atoms with Crippen LogP contribution in [0.3, 0.4) is 0 Å². The Hall–Kier alpha value is -3.13. The zero-order valence-electron chi connectivity index (χ0n) is 14.9. The summed E-state index contributed by atoms with van der Waals surface area (Å²) in [6.45, 7) is 1.50. The fraction of sp³-hybridized carbons (Fsp3) is 0.211. The molecule has 0 saturated heterocycles. The average Bonchev–Trinajstić information content (AvgIpc) is 3.14. The quantitative estimate of drug-likeness (QED) is 0.628. The summed E-state index contributed by atoms with van der Waals surface area (Å²) in [4.78, 5) is 30.7. The molecule has 3 rings (SSSR count). The van der Waals surface area contributed by atoms with Crippen molar-refractivity contribution < 1.29 is 19.0 Å². The van der Waals surface area contributed by atoms with Crippen molar-refractivity contribution in [3.05, 3.63) is 57.5 Å². The van der Waals surface area contributed by atoms with Crippen molar-refractivity contribution in [3.8, 4) is 11.5 Å². The number of hydrogen-bond acceptors (Lipinski definition) is 7. The van der Waals surface area contributed by atoms with E-state index in [9.17, 15) is 9.59 Å². The molecule has 1 aromatic carbocycles. The van der Waals surface area contributed by atoms with Gasteiger partial charge in [-0.1, -0.05) is 18.2 Å². The Kier molecular flexibility index (Phi) is 5.87. The number of ether oxygens (including phenoxy) is 3. The summed E-state index contributed by atoms with van der Waals surface area (Å²) >= 11 is 1.31. The topological polar surface area (TPSA) is 90.5 Å². The number of fused-ring (bicyclic) bond motifs is 1. The van der Waals surface area contributed by atoms with Crippen LogP contribution in [0.2, 0.25) is 0 Å². The number of methoxy groups -OCH3 is 1. The highest BCUT2D eigenvalue weighted by atomic mass is 32.1. The van der Waals surface area contributed by atoms with Gasteiger partial charge >= 0.3 is 5.97 Å². The fourth-order valence-electron chi connectivity index (χ4n) is 2.42. The van der Waals surface area contributed by atoms with E-state index < -0.39 is 5.97 Å². The lowest BCUT2D eigenvalue weighted by atomic mass is 10.2. The van der Waals surface area contributed by atoms with Crippen LogP contribution in [0, 0.1) is 0 Å². The number of nitrogens with one attached hydrogen (secondary N) is 1. The van der Waals surface area contributed by atoms with Gasteiger partial charge in [-0.2, -0.15) is 0 Å². The fourth-order valence-corrected chi connectivity index (χ4v) is 3.14. The number of carbonyl (C=O) groups excluding carboxylic acids is 1. The van der Waals surface area contributed by atoms with Crippen molar-refractivity contribution in [1.82, 2.24) is 9.97 Å². The van der Waals surface area contributed by atoms with Crippen molar-refractivity contribution in [3.63, 3.8) is 0 Å². The maximum Gasteiger partial charge on any atom is 0.344 e. The number of benzene rings is 1. The predicted octanol–water partition coefficient (Wildman–Crippen LogP) is 3.15. The van der Waals surface area contributed by atoms with Crippen LogP contribution in [0.1, 0.15) is 18.3 Å². The third-order valence-corrected chi connectivity index (χ3v) is 4.53. The van der Waals surface area contributed by atoms with E-state index in [1.165, 1.54) is 18.4 Å². The van der Waals surface area contributed by atoms with E-state index >= 15 is 0 Å². The molecule has 0 fully saturated rings. The maximum atomic E-state index is 11.9. The Morgan fingerprint density at radius 3 is 2.93 bits per heavy atom. The van der Waals surface area contributed by atoms with Gasteiger partial charge in [0.2, 0.25) is 0 Å². The summed E-state index contributed by atoms with van der Waals surface area (Å²) in [5, 5.41) is 1.78. The molecule has 0 unspecified atom stereocenters. The number of aromatic amines is 1. The van der Waals surface area contributed by atoms with Crippen molar-refractivity contribution >= 4 is 33.6 Å². The minimum absolute atomic E-state index is 0.138. The van der Waals surface area contributed by atoms with Crippen LogP contribution in [0.4, 0.5) is 0 Å². The van der Waals surface area contributed by atoms with Gasteiger partial charge in [0, 0.05) is 0 Å². The summed E-state index contributed by atoms with van der Waals surface area (Å²) in [6, 6.07) is 7.14. The number of nitrogens with zero attached hydrogens (tertiary/aromatic N) is 1. The van der Waals surface area contributed by atoms with E-state index in [1.54, 1.807) is 17.5 Å². The number of aromatic nitrogens is 2. The van der Waals surface area contributed by atoms with E-state index in [0.717, 1.165) is 5.56 Å². The number of hydrogen-bond donors (Lipinski definition) is 1. The Balaban J connectivity index is 1.58. The zero-order chi connectivity index (χ0) is 19.2. The van der Waals surface area contributed by atoms with E-state index in [-0.39, 0.29) is 24.6 Å².